The van der Waals surface area contributed by atoms with Crippen LogP contribution in [0.3, 0.4) is 0 Å². The first kappa shape index (κ1) is 16.0. The molecule has 0 bridgehead atoms. The number of esters is 1. The number of aryl methyl sites for hydroxylation is 1. The van der Waals surface area contributed by atoms with Crippen molar-refractivity contribution in [2.75, 3.05) is 0 Å². The van der Waals surface area contributed by atoms with Gasteiger partial charge in [-0.25, -0.2) is 9.48 Å². The molecular weight excluding hydrogens is 332 g/mol. The van der Waals surface area contributed by atoms with E-state index in [1.54, 1.807) is 18.2 Å². The van der Waals surface area contributed by atoms with E-state index in [0.717, 1.165) is 22.3 Å². The van der Waals surface area contributed by atoms with Crippen molar-refractivity contribution in [2.24, 2.45) is 0 Å². The van der Waals surface area contributed by atoms with E-state index >= 15 is 0 Å². The van der Waals surface area contributed by atoms with Gasteiger partial charge >= 0.3 is 5.97 Å². The number of rotatable bonds is 5. The summed E-state index contributed by atoms with van der Waals surface area (Å²) in [6.45, 7) is 2.45. The molecule has 0 radical (unpaired) electrons. The van der Waals surface area contributed by atoms with Gasteiger partial charge < -0.3 is 9.26 Å². The summed E-state index contributed by atoms with van der Waals surface area (Å²) in [5, 5.41) is 12.1. The zero-order valence-electron chi connectivity index (χ0n) is 14.1. The Morgan fingerprint density at radius 1 is 1.15 bits per heavy atom. The number of nitrogens with zero attached hydrogens (tertiary/aromatic N) is 4. The maximum Gasteiger partial charge on any atom is 0.338 e. The number of benzene rings is 2. The molecule has 0 unspecified atom stereocenters. The van der Waals surface area contributed by atoms with Crippen LogP contribution in [0.25, 0.3) is 11.0 Å². The lowest BCUT2D eigenvalue weighted by Gasteiger charge is -2.05. The Balaban J connectivity index is 1.42. The van der Waals surface area contributed by atoms with Gasteiger partial charge in [-0.15, -0.1) is 5.10 Å². The summed E-state index contributed by atoms with van der Waals surface area (Å²) < 4.78 is 12.1. The summed E-state index contributed by atoms with van der Waals surface area (Å²) in [6, 6.07) is 16.8. The largest absolute Gasteiger partial charge is 0.454 e. The van der Waals surface area contributed by atoms with E-state index in [-0.39, 0.29) is 6.61 Å². The SMILES string of the molecule is Cc1cc(COC(=O)c2ccc(Cn3nnc4ccccc43)cc2)on1. The second-order valence-electron chi connectivity index (χ2n) is 5.94. The van der Waals surface area contributed by atoms with Gasteiger partial charge in [-0.1, -0.05) is 34.6 Å². The van der Waals surface area contributed by atoms with Gasteiger partial charge in [0.25, 0.3) is 0 Å². The van der Waals surface area contributed by atoms with E-state index in [1.165, 1.54) is 0 Å². The molecular formula is C19H16N4O3. The molecule has 7 nitrogen and oxygen atoms in total. The van der Waals surface area contributed by atoms with Crippen LogP contribution >= 0.6 is 0 Å². The fourth-order valence-corrected chi connectivity index (χ4v) is 2.66. The minimum absolute atomic E-state index is 0.0619. The quantitative estimate of drug-likeness (QED) is 0.515. The van der Waals surface area contributed by atoms with Crippen molar-refractivity contribution < 1.29 is 14.1 Å². The molecule has 2 heterocycles. The third-order valence-electron chi connectivity index (χ3n) is 3.96. The number of ether oxygens (including phenoxy) is 1. The van der Waals surface area contributed by atoms with Crippen LogP contribution in [-0.4, -0.2) is 26.1 Å². The van der Waals surface area contributed by atoms with Crippen LogP contribution in [0.4, 0.5) is 0 Å². The summed E-state index contributed by atoms with van der Waals surface area (Å²) in [5.41, 5.74) is 4.08. The standard InChI is InChI=1S/C19H16N4O3/c1-13-10-16(26-21-13)12-25-19(24)15-8-6-14(7-9-15)11-23-18-5-3-2-4-17(18)20-22-23/h2-10H,11-12H2,1H3. The zero-order chi connectivity index (χ0) is 17.9. The molecule has 0 aliphatic carbocycles. The Hall–Kier alpha value is -3.48. The Kier molecular flexibility index (Phi) is 4.18. The topological polar surface area (TPSA) is 83.0 Å². The molecule has 2 aromatic carbocycles. The van der Waals surface area contributed by atoms with Crippen LogP contribution in [0.5, 0.6) is 0 Å². The Morgan fingerprint density at radius 3 is 2.73 bits per heavy atom. The highest BCUT2D eigenvalue weighted by atomic mass is 16.5. The number of carbonyl (C=O) groups excluding carboxylic acids is 1. The smallest absolute Gasteiger partial charge is 0.338 e. The number of hydrogen-bond donors (Lipinski definition) is 0. The van der Waals surface area contributed by atoms with E-state index in [2.05, 4.69) is 15.5 Å². The lowest BCUT2D eigenvalue weighted by molar-refractivity contribution is 0.0437. The Morgan fingerprint density at radius 2 is 1.96 bits per heavy atom. The van der Waals surface area contributed by atoms with Crippen LogP contribution in [-0.2, 0) is 17.9 Å². The van der Waals surface area contributed by atoms with Crippen LogP contribution in [0, 0.1) is 6.92 Å². The molecule has 0 aliphatic heterocycles. The highest BCUT2D eigenvalue weighted by molar-refractivity contribution is 5.89. The second-order valence-corrected chi connectivity index (χ2v) is 5.94. The number of hydrogen-bond acceptors (Lipinski definition) is 6. The van der Waals surface area contributed by atoms with Crippen LogP contribution in [0.2, 0.25) is 0 Å². The maximum atomic E-state index is 12.1. The average Bonchev–Trinajstić information content (AvgIpc) is 3.27. The van der Waals surface area contributed by atoms with Crippen molar-refractivity contribution >= 4 is 17.0 Å². The minimum atomic E-state index is -0.406. The van der Waals surface area contributed by atoms with Gasteiger partial charge in [0, 0.05) is 6.07 Å². The van der Waals surface area contributed by atoms with Gasteiger partial charge in [0.2, 0.25) is 0 Å². The first-order valence-corrected chi connectivity index (χ1v) is 8.15. The van der Waals surface area contributed by atoms with Gasteiger partial charge in [0.15, 0.2) is 12.4 Å². The van der Waals surface area contributed by atoms with Crippen molar-refractivity contribution in [3.8, 4) is 0 Å². The third-order valence-corrected chi connectivity index (χ3v) is 3.96. The third kappa shape index (κ3) is 3.32. The summed E-state index contributed by atoms with van der Waals surface area (Å²) in [6.07, 6.45) is 0. The molecule has 4 aromatic rings. The molecule has 0 aliphatic rings. The molecule has 130 valence electrons. The lowest BCUT2D eigenvalue weighted by atomic mass is 10.1. The first-order chi connectivity index (χ1) is 12.7. The normalized spacial score (nSPS) is 11.0. The molecule has 0 amide bonds. The predicted octanol–water partition coefficient (Wildman–Crippen LogP) is 3.13. The van der Waals surface area contributed by atoms with Crippen LogP contribution in [0.15, 0.2) is 59.1 Å². The fourth-order valence-electron chi connectivity index (χ4n) is 2.66. The molecule has 4 rings (SSSR count). The summed E-state index contributed by atoms with van der Waals surface area (Å²) >= 11 is 0. The number of aromatic nitrogens is 4. The molecule has 0 atom stereocenters. The molecule has 0 spiro atoms. The molecule has 0 fully saturated rings. The second kappa shape index (κ2) is 6.79. The van der Waals surface area contributed by atoms with Gasteiger partial charge in [-0.3, -0.25) is 0 Å². The van der Waals surface area contributed by atoms with Crippen molar-refractivity contribution in [2.45, 2.75) is 20.1 Å². The van der Waals surface area contributed by atoms with Gasteiger partial charge in [-0.2, -0.15) is 0 Å². The van der Waals surface area contributed by atoms with E-state index in [4.69, 9.17) is 9.26 Å². The molecule has 7 heteroatoms. The fraction of sp³-hybridized carbons (Fsp3) is 0.158. The summed E-state index contributed by atoms with van der Waals surface area (Å²) in [7, 11) is 0. The van der Waals surface area contributed by atoms with Crippen molar-refractivity contribution in [3.63, 3.8) is 0 Å². The van der Waals surface area contributed by atoms with Gasteiger partial charge in [0.1, 0.15) is 5.52 Å². The highest BCUT2D eigenvalue weighted by Gasteiger charge is 2.10. The molecule has 0 saturated carbocycles. The van der Waals surface area contributed by atoms with Crippen molar-refractivity contribution in [1.82, 2.24) is 20.2 Å². The first-order valence-electron chi connectivity index (χ1n) is 8.15. The Labute approximate surface area is 149 Å². The van der Waals surface area contributed by atoms with Crippen molar-refractivity contribution in [3.05, 3.63) is 77.2 Å². The predicted molar refractivity (Wildman–Crippen MR) is 93.4 cm³/mol. The van der Waals surface area contributed by atoms with Crippen LogP contribution < -0.4 is 0 Å². The lowest BCUT2D eigenvalue weighted by Crippen LogP contribution is -2.06. The minimum Gasteiger partial charge on any atom is -0.454 e. The summed E-state index contributed by atoms with van der Waals surface area (Å²) in [5.74, 6) is 0.113. The average molecular weight is 348 g/mol. The van der Waals surface area contributed by atoms with Gasteiger partial charge in [0.05, 0.1) is 23.3 Å². The Bertz CT molecular complexity index is 1050. The van der Waals surface area contributed by atoms with E-state index < -0.39 is 5.97 Å². The number of fused-ring (bicyclic) bond motifs is 1. The van der Waals surface area contributed by atoms with E-state index in [1.807, 2.05) is 48.0 Å². The zero-order valence-corrected chi connectivity index (χ0v) is 14.1. The number of carbonyl (C=O) groups is 1. The molecule has 0 saturated heterocycles. The molecule has 0 N–H and O–H groups in total. The maximum absolute atomic E-state index is 12.1. The summed E-state index contributed by atoms with van der Waals surface area (Å²) in [4.78, 5) is 12.1. The number of para-hydroxylation sites is 1. The van der Waals surface area contributed by atoms with E-state index in [9.17, 15) is 4.79 Å². The highest BCUT2D eigenvalue weighted by Crippen LogP contribution is 2.14. The van der Waals surface area contributed by atoms with Crippen LogP contribution in [0.1, 0.15) is 27.4 Å². The molecule has 26 heavy (non-hydrogen) atoms. The monoisotopic (exact) mass is 348 g/mol. The molecule has 2 aromatic heterocycles. The van der Waals surface area contributed by atoms with Gasteiger partial charge in [-0.05, 0) is 36.8 Å². The van der Waals surface area contributed by atoms with Crippen molar-refractivity contribution in [1.29, 1.82) is 0 Å². The van der Waals surface area contributed by atoms with E-state index in [0.29, 0.717) is 17.9 Å².